The van der Waals surface area contributed by atoms with E-state index in [9.17, 15) is 9.59 Å². The van der Waals surface area contributed by atoms with Gasteiger partial charge in [-0.1, -0.05) is 30.0 Å². The lowest BCUT2D eigenvalue weighted by Gasteiger charge is -2.07. The number of benzene rings is 1. The van der Waals surface area contributed by atoms with Crippen molar-refractivity contribution >= 4 is 46.1 Å². The van der Waals surface area contributed by atoms with E-state index in [1.165, 1.54) is 11.8 Å². The fourth-order valence-corrected chi connectivity index (χ4v) is 3.91. The maximum atomic E-state index is 12.0. The number of hydrogen-bond donors (Lipinski definition) is 2. The van der Waals surface area contributed by atoms with Gasteiger partial charge in [-0.25, -0.2) is 9.78 Å². The Morgan fingerprint density at radius 2 is 2.08 bits per heavy atom. The van der Waals surface area contributed by atoms with Gasteiger partial charge in [0.05, 0.1) is 23.3 Å². The maximum absolute atomic E-state index is 12.0. The second-order valence-electron chi connectivity index (χ2n) is 5.23. The van der Waals surface area contributed by atoms with Crippen molar-refractivity contribution < 1.29 is 9.59 Å². The molecule has 0 aliphatic rings. The molecular weight excluding hydrogens is 356 g/mol. The van der Waals surface area contributed by atoms with Gasteiger partial charge in [-0.05, 0) is 30.5 Å². The van der Waals surface area contributed by atoms with Crippen LogP contribution in [-0.4, -0.2) is 27.2 Å². The Morgan fingerprint density at radius 3 is 2.84 bits per heavy atom. The van der Waals surface area contributed by atoms with E-state index in [-0.39, 0.29) is 11.7 Å². The molecule has 0 radical (unpaired) electrons. The number of carbonyl (C=O) groups excluding carboxylic acids is 2. The highest BCUT2D eigenvalue weighted by molar-refractivity contribution is 7.99. The van der Waals surface area contributed by atoms with E-state index < -0.39 is 6.03 Å². The van der Waals surface area contributed by atoms with Gasteiger partial charge in [-0.15, -0.1) is 11.3 Å². The molecule has 25 heavy (non-hydrogen) atoms. The summed E-state index contributed by atoms with van der Waals surface area (Å²) in [5.41, 5.74) is 1.95. The highest BCUT2D eigenvalue weighted by Crippen LogP contribution is 2.23. The molecular formula is C17H18N4O2S2. The molecule has 0 aliphatic carbocycles. The molecule has 0 saturated heterocycles. The maximum Gasteiger partial charge on any atom is 0.321 e. The predicted octanol–water partition coefficient (Wildman–Crippen LogP) is 3.24. The van der Waals surface area contributed by atoms with Crippen molar-refractivity contribution in [2.75, 3.05) is 5.75 Å². The topological polar surface area (TPSA) is 76.0 Å². The quantitative estimate of drug-likeness (QED) is 0.650. The zero-order valence-electron chi connectivity index (χ0n) is 13.7. The number of thiophene rings is 1. The van der Waals surface area contributed by atoms with Gasteiger partial charge in [0, 0.05) is 11.4 Å². The first-order chi connectivity index (χ1) is 12.2. The Kier molecular flexibility index (Phi) is 5.72. The van der Waals surface area contributed by atoms with Crippen molar-refractivity contribution in [3.63, 3.8) is 0 Å². The van der Waals surface area contributed by atoms with Gasteiger partial charge in [-0.2, -0.15) is 0 Å². The minimum atomic E-state index is -0.483. The first kappa shape index (κ1) is 17.5. The molecule has 2 aromatic heterocycles. The van der Waals surface area contributed by atoms with Crippen LogP contribution in [0.15, 0.2) is 46.9 Å². The number of fused-ring (bicyclic) bond motifs is 1. The number of thioether (sulfide) groups is 1. The summed E-state index contributed by atoms with van der Waals surface area (Å²) in [5.74, 6) is -0.209. The zero-order chi connectivity index (χ0) is 17.6. The number of amides is 3. The number of imide groups is 1. The van der Waals surface area contributed by atoms with Crippen LogP contribution < -0.4 is 10.6 Å². The number of imidazole rings is 1. The third kappa shape index (κ3) is 4.40. The number of hydrogen-bond acceptors (Lipinski definition) is 5. The third-order valence-electron chi connectivity index (χ3n) is 3.52. The molecule has 6 nitrogen and oxygen atoms in total. The molecule has 3 aromatic rings. The van der Waals surface area contributed by atoms with Gasteiger partial charge in [-0.3, -0.25) is 10.1 Å². The fraction of sp³-hybridized carbons (Fsp3) is 0.235. The van der Waals surface area contributed by atoms with E-state index in [4.69, 9.17) is 0 Å². The van der Waals surface area contributed by atoms with E-state index in [0.29, 0.717) is 6.54 Å². The second kappa shape index (κ2) is 8.17. The Hall–Kier alpha value is -2.32. The summed E-state index contributed by atoms with van der Waals surface area (Å²) in [6, 6.07) is 11.2. The van der Waals surface area contributed by atoms with Crippen LogP contribution in [-0.2, 0) is 17.9 Å². The number of carbonyl (C=O) groups is 2. The molecule has 130 valence electrons. The average molecular weight is 374 g/mol. The summed E-state index contributed by atoms with van der Waals surface area (Å²) < 4.78 is 2.06. The largest absolute Gasteiger partial charge is 0.333 e. The van der Waals surface area contributed by atoms with Gasteiger partial charge in [0.15, 0.2) is 5.16 Å². The molecule has 0 aliphatic heterocycles. The standard InChI is InChI=1S/C17H18N4O2S2/c1-2-21-14-8-4-3-7-13(14)19-17(21)25-11-15(22)20-16(23)18-10-12-6-5-9-24-12/h3-9H,2,10-11H2,1H3,(H2,18,20,22,23). The smallest absolute Gasteiger partial charge is 0.321 e. The lowest BCUT2D eigenvalue weighted by molar-refractivity contribution is -0.117. The summed E-state index contributed by atoms with van der Waals surface area (Å²) in [6.07, 6.45) is 0. The van der Waals surface area contributed by atoms with Gasteiger partial charge < -0.3 is 9.88 Å². The lowest BCUT2D eigenvalue weighted by Crippen LogP contribution is -2.39. The first-order valence-corrected chi connectivity index (χ1v) is 9.72. The van der Waals surface area contributed by atoms with E-state index in [0.717, 1.165) is 27.6 Å². The number of rotatable bonds is 6. The van der Waals surface area contributed by atoms with E-state index in [1.807, 2.05) is 48.7 Å². The van der Waals surface area contributed by atoms with E-state index in [1.54, 1.807) is 11.3 Å². The van der Waals surface area contributed by atoms with Crippen LogP contribution in [0.25, 0.3) is 11.0 Å². The molecule has 2 heterocycles. The van der Waals surface area contributed by atoms with Crippen LogP contribution in [0.4, 0.5) is 4.79 Å². The summed E-state index contributed by atoms with van der Waals surface area (Å²) in [4.78, 5) is 29.3. The van der Waals surface area contributed by atoms with Crippen LogP contribution in [0.1, 0.15) is 11.8 Å². The van der Waals surface area contributed by atoms with Crippen molar-refractivity contribution in [2.45, 2.75) is 25.2 Å². The summed E-state index contributed by atoms with van der Waals surface area (Å²) >= 11 is 2.88. The van der Waals surface area contributed by atoms with Crippen LogP contribution in [0.3, 0.4) is 0 Å². The van der Waals surface area contributed by atoms with Crippen molar-refractivity contribution in [1.82, 2.24) is 20.2 Å². The monoisotopic (exact) mass is 374 g/mol. The van der Waals surface area contributed by atoms with Crippen molar-refractivity contribution in [2.24, 2.45) is 0 Å². The molecule has 0 spiro atoms. The molecule has 1 aromatic carbocycles. The highest BCUT2D eigenvalue weighted by atomic mass is 32.2. The number of aryl methyl sites for hydroxylation is 1. The molecule has 0 saturated carbocycles. The summed E-state index contributed by atoms with van der Waals surface area (Å²) in [5, 5.41) is 7.73. The Morgan fingerprint density at radius 1 is 1.24 bits per heavy atom. The molecule has 0 unspecified atom stereocenters. The SMILES string of the molecule is CCn1c(SCC(=O)NC(=O)NCc2cccs2)nc2ccccc21. The Labute approximate surface area is 153 Å². The minimum Gasteiger partial charge on any atom is -0.333 e. The number of urea groups is 1. The van der Waals surface area contributed by atoms with E-state index in [2.05, 4.69) is 20.2 Å². The fourth-order valence-electron chi connectivity index (χ4n) is 2.39. The van der Waals surface area contributed by atoms with Crippen LogP contribution in [0.5, 0.6) is 0 Å². The number of para-hydroxylation sites is 2. The lowest BCUT2D eigenvalue weighted by atomic mass is 10.3. The second-order valence-corrected chi connectivity index (χ2v) is 7.20. The molecule has 0 bridgehead atoms. The molecule has 3 amide bonds. The van der Waals surface area contributed by atoms with Crippen LogP contribution in [0, 0.1) is 0 Å². The van der Waals surface area contributed by atoms with E-state index >= 15 is 0 Å². The van der Waals surface area contributed by atoms with Crippen molar-refractivity contribution in [1.29, 1.82) is 0 Å². The molecule has 8 heteroatoms. The number of aromatic nitrogens is 2. The van der Waals surface area contributed by atoms with Crippen molar-refractivity contribution in [3.05, 3.63) is 46.7 Å². The molecule has 0 atom stereocenters. The highest BCUT2D eigenvalue weighted by Gasteiger charge is 2.13. The normalized spacial score (nSPS) is 10.8. The van der Waals surface area contributed by atoms with Gasteiger partial charge in [0.25, 0.3) is 0 Å². The predicted molar refractivity (Wildman–Crippen MR) is 101 cm³/mol. The number of nitrogens with one attached hydrogen (secondary N) is 2. The molecule has 3 rings (SSSR count). The Balaban J connectivity index is 1.52. The summed E-state index contributed by atoms with van der Waals surface area (Å²) in [7, 11) is 0. The first-order valence-electron chi connectivity index (χ1n) is 7.85. The van der Waals surface area contributed by atoms with Gasteiger partial charge in [0.2, 0.25) is 5.91 Å². The molecule has 0 fully saturated rings. The third-order valence-corrected chi connectivity index (χ3v) is 5.38. The van der Waals surface area contributed by atoms with Crippen molar-refractivity contribution in [3.8, 4) is 0 Å². The average Bonchev–Trinajstić information content (AvgIpc) is 3.25. The van der Waals surface area contributed by atoms with Gasteiger partial charge >= 0.3 is 6.03 Å². The summed E-state index contributed by atoms with van der Waals surface area (Å²) in [6.45, 7) is 3.22. The minimum absolute atomic E-state index is 0.135. The number of nitrogens with zero attached hydrogens (tertiary/aromatic N) is 2. The van der Waals surface area contributed by atoms with Gasteiger partial charge in [0.1, 0.15) is 0 Å². The van der Waals surface area contributed by atoms with Crippen LogP contribution in [0.2, 0.25) is 0 Å². The zero-order valence-corrected chi connectivity index (χ0v) is 15.3. The molecule has 2 N–H and O–H groups in total. The van der Waals surface area contributed by atoms with Crippen LogP contribution >= 0.6 is 23.1 Å². The Bertz CT molecular complexity index is 874.